The highest BCUT2D eigenvalue weighted by molar-refractivity contribution is 7.91. The van der Waals surface area contributed by atoms with Gasteiger partial charge in [0, 0.05) is 13.0 Å². The number of nitrogens with zero attached hydrogens (tertiary/aromatic N) is 3. The van der Waals surface area contributed by atoms with Crippen LogP contribution in [-0.4, -0.2) is 46.7 Å². The lowest BCUT2D eigenvalue weighted by molar-refractivity contribution is -0.131. The standard InChI is InChI=1S/C16H20N4O3S/c1-12-17-16(19-18-12)14-8-5-10-20(14)15(21)9-11-24(22,23)13-6-3-2-4-7-13/h2-4,6-7,14H,5,8-11H2,1H3,(H,17,18,19). The maximum Gasteiger partial charge on any atom is 0.224 e. The van der Waals surface area contributed by atoms with Crippen molar-refractivity contribution in [3.8, 4) is 0 Å². The molecule has 1 aromatic heterocycles. The van der Waals surface area contributed by atoms with Crippen LogP contribution in [-0.2, 0) is 14.6 Å². The van der Waals surface area contributed by atoms with E-state index in [-0.39, 0.29) is 29.0 Å². The molecular formula is C16H20N4O3S. The van der Waals surface area contributed by atoms with Crippen molar-refractivity contribution in [2.24, 2.45) is 0 Å². The number of hydrogen-bond acceptors (Lipinski definition) is 5. The summed E-state index contributed by atoms with van der Waals surface area (Å²) >= 11 is 0. The molecule has 1 fully saturated rings. The molecule has 1 saturated heterocycles. The van der Waals surface area contributed by atoms with Crippen LogP contribution in [0.4, 0.5) is 0 Å². The summed E-state index contributed by atoms with van der Waals surface area (Å²) in [6.07, 6.45) is 1.64. The summed E-state index contributed by atoms with van der Waals surface area (Å²) in [4.78, 5) is 18.8. The molecule has 24 heavy (non-hydrogen) atoms. The Hall–Kier alpha value is -2.22. The first kappa shape index (κ1) is 16.6. The highest BCUT2D eigenvalue weighted by Crippen LogP contribution is 2.30. The number of sulfone groups is 1. The molecule has 1 amide bonds. The number of hydrogen-bond donors (Lipinski definition) is 1. The maximum atomic E-state index is 12.5. The fourth-order valence-corrected chi connectivity index (χ4v) is 4.20. The van der Waals surface area contributed by atoms with Crippen LogP contribution in [0.5, 0.6) is 0 Å². The Balaban J connectivity index is 1.66. The third-order valence-corrected chi connectivity index (χ3v) is 5.90. The summed E-state index contributed by atoms with van der Waals surface area (Å²) in [6, 6.07) is 8.05. The first-order valence-electron chi connectivity index (χ1n) is 7.93. The summed E-state index contributed by atoms with van der Waals surface area (Å²) < 4.78 is 24.6. The summed E-state index contributed by atoms with van der Waals surface area (Å²) in [6.45, 7) is 2.42. The molecule has 0 spiro atoms. The quantitative estimate of drug-likeness (QED) is 0.886. The second kappa shape index (κ2) is 6.72. The van der Waals surface area contributed by atoms with Crippen LogP contribution in [0.15, 0.2) is 35.2 Å². The summed E-state index contributed by atoms with van der Waals surface area (Å²) in [5.41, 5.74) is 0. The van der Waals surface area contributed by atoms with Gasteiger partial charge in [-0.15, -0.1) is 0 Å². The molecule has 1 atom stereocenters. The number of likely N-dealkylation sites (tertiary alicyclic amines) is 1. The van der Waals surface area contributed by atoms with Gasteiger partial charge in [-0.2, -0.15) is 5.10 Å². The van der Waals surface area contributed by atoms with Gasteiger partial charge >= 0.3 is 0 Å². The van der Waals surface area contributed by atoms with Crippen molar-refractivity contribution >= 4 is 15.7 Å². The van der Waals surface area contributed by atoms with E-state index in [1.165, 1.54) is 0 Å². The van der Waals surface area contributed by atoms with E-state index in [9.17, 15) is 13.2 Å². The van der Waals surface area contributed by atoms with E-state index in [4.69, 9.17) is 0 Å². The number of H-pyrrole nitrogens is 1. The van der Waals surface area contributed by atoms with Gasteiger partial charge in [-0.3, -0.25) is 9.89 Å². The Morgan fingerprint density at radius 2 is 2.08 bits per heavy atom. The van der Waals surface area contributed by atoms with Gasteiger partial charge in [0.15, 0.2) is 15.7 Å². The fraction of sp³-hybridized carbons (Fsp3) is 0.438. The van der Waals surface area contributed by atoms with Crippen molar-refractivity contribution < 1.29 is 13.2 Å². The molecule has 2 heterocycles. The number of rotatable bonds is 5. The Bertz CT molecular complexity index is 817. The lowest BCUT2D eigenvalue weighted by Gasteiger charge is -2.22. The Morgan fingerprint density at radius 1 is 1.33 bits per heavy atom. The van der Waals surface area contributed by atoms with Gasteiger partial charge in [0.2, 0.25) is 5.91 Å². The van der Waals surface area contributed by atoms with Crippen LogP contribution in [0.1, 0.15) is 37.0 Å². The fourth-order valence-electron chi connectivity index (χ4n) is 2.95. The summed E-state index contributed by atoms with van der Waals surface area (Å²) in [5, 5.41) is 6.93. The van der Waals surface area contributed by atoms with Crippen molar-refractivity contribution in [1.29, 1.82) is 0 Å². The van der Waals surface area contributed by atoms with Crippen LogP contribution >= 0.6 is 0 Å². The van der Waals surface area contributed by atoms with Crippen molar-refractivity contribution in [2.75, 3.05) is 12.3 Å². The van der Waals surface area contributed by atoms with E-state index in [1.54, 1.807) is 35.2 Å². The Labute approximate surface area is 141 Å². The van der Waals surface area contributed by atoms with Crippen molar-refractivity contribution in [3.05, 3.63) is 42.0 Å². The number of amides is 1. The van der Waals surface area contributed by atoms with Crippen LogP contribution in [0, 0.1) is 6.92 Å². The third-order valence-electron chi connectivity index (χ3n) is 4.17. The summed E-state index contributed by atoms with van der Waals surface area (Å²) in [5.74, 6) is 0.950. The SMILES string of the molecule is Cc1nc(C2CCCN2C(=O)CCS(=O)(=O)c2ccccc2)n[nH]1. The number of aryl methyl sites for hydroxylation is 1. The third kappa shape index (κ3) is 3.48. The molecule has 0 aliphatic carbocycles. The highest BCUT2D eigenvalue weighted by atomic mass is 32.2. The monoisotopic (exact) mass is 348 g/mol. The molecule has 0 radical (unpaired) electrons. The van der Waals surface area contributed by atoms with Gasteiger partial charge in [0.25, 0.3) is 0 Å². The lowest BCUT2D eigenvalue weighted by atomic mass is 10.2. The number of carbonyl (C=O) groups excluding carboxylic acids is 1. The van der Waals surface area contributed by atoms with E-state index in [0.29, 0.717) is 18.2 Å². The minimum atomic E-state index is -3.45. The van der Waals surface area contributed by atoms with Gasteiger partial charge in [-0.25, -0.2) is 13.4 Å². The van der Waals surface area contributed by atoms with E-state index < -0.39 is 9.84 Å². The van der Waals surface area contributed by atoms with Crippen LogP contribution in [0.3, 0.4) is 0 Å². The number of nitrogens with one attached hydrogen (secondary N) is 1. The van der Waals surface area contributed by atoms with Gasteiger partial charge in [0.05, 0.1) is 16.7 Å². The molecule has 7 nitrogen and oxygen atoms in total. The van der Waals surface area contributed by atoms with Crippen LogP contribution < -0.4 is 0 Å². The molecular weight excluding hydrogens is 328 g/mol. The number of aromatic amines is 1. The zero-order valence-electron chi connectivity index (χ0n) is 13.5. The molecule has 8 heteroatoms. The highest BCUT2D eigenvalue weighted by Gasteiger charge is 2.33. The van der Waals surface area contributed by atoms with Crippen molar-refractivity contribution in [3.63, 3.8) is 0 Å². The zero-order valence-corrected chi connectivity index (χ0v) is 14.3. The molecule has 1 aliphatic rings. The number of carbonyl (C=O) groups is 1. The zero-order chi connectivity index (χ0) is 17.2. The van der Waals surface area contributed by atoms with Gasteiger partial charge in [-0.05, 0) is 31.9 Å². The molecule has 1 N–H and O–H groups in total. The second-order valence-electron chi connectivity index (χ2n) is 5.91. The van der Waals surface area contributed by atoms with Gasteiger partial charge in [0.1, 0.15) is 5.82 Å². The molecule has 128 valence electrons. The summed E-state index contributed by atoms with van der Waals surface area (Å²) in [7, 11) is -3.45. The topological polar surface area (TPSA) is 96.0 Å². The molecule has 1 unspecified atom stereocenters. The van der Waals surface area contributed by atoms with Crippen molar-refractivity contribution in [2.45, 2.75) is 37.1 Å². The minimum absolute atomic E-state index is 0.0306. The predicted octanol–water partition coefficient (Wildman–Crippen LogP) is 1.64. The first-order chi connectivity index (χ1) is 11.5. The van der Waals surface area contributed by atoms with Crippen LogP contribution in [0.2, 0.25) is 0 Å². The van der Waals surface area contributed by atoms with E-state index in [2.05, 4.69) is 15.2 Å². The van der Waals surface area contributed by atoms with E-state index in [0.717, 1.165) is 12.8 Å². The Morgan fingerprint density at radius 3 is 2.75 bits per heavy atom. The molecule has 1 aliphatic heterocycles. The van der Waals surface area contributed by atoms with Crippen LogP contribution in [0.25, 0.3) is 0 Å². The maximum absolute atomic E-state index is 12.5. The average Bonchev–Trinajstić information content (AvgIpc) is 3.22. The molecule has 3 rings (SSSR count). The van der Waals surface area contributed by atoms with Crippen molar-refractivity contribution in [1.82, 2.24) is 20.1 Å². The second-order valence-corrected chi connectivity index (χ2v) is 8.02. The van der Waals surface area contributed by atoms with Gasteiger partial charge in [-0.1, -0.05) is 18.2 Å². The number of aromatic nitrogens is 3. The molecule has 2 aromatic rings. The number of benzene rings is 1. The first-order valence-corrected chi connectivity index (χ1v) is 9.59. The predicted molar refractivity (Wildman–Crippen MR) is 87.9 cm³/mol. The molecule has 0 bridgehead atoms. The lowest BCUT2D eigenvalue weighted by Crippen LogP contribution is -2.32. The normalized spacial score (nSPS) is 18.0. The molecule has 0 saturated carbocycles. The van der Waals surface area contributed by atoms with Gasteiger partial charge < -0.3 is 4.90 Å². The minimum Gasteiger partial charge on any atom is -0.332 e. The largest absolute Gasteiger partial charge is 0.332 e. The van der Waals surface area contributed by atoms with E-state index in [1.807, 2.05) is 6.92 Å². The smallest absolute Gasteiger partial charge is 0.224 e. The average molecular weight is 348 g/mol. The Kier molecular flexibility index (Phi) is 4.66. The van der Waals surface area contributed by atoms with E-state index >= 15 is 0 Å². The molecule has 1 aromatic carbocycles.